The van der Waals surface area contributed by atoms with Crippen LogP contribution in [0.15, 0.2) is 42.5 Å². The summed E-state index contributed by atoms with van der Waals surface area (Å²) in [6.07, 6.45) is 0. The van der Waals surface area contributed by atoms with Crippen molar-refractivity contribution in [2.75, 3.05) is 7.05 Å². The first-order valence-electron chi connectivity index (χ1n) is 7.36. The van der Waals surface area contributed by atoms with E-state index < -0.39 is 0 Å². The molecule has 2 heteroatoms. The Bertz CT molecular complexity index is 608. The molecule has 0 fully saturated rings. The molecule has 0 bridgehead atoms. The second-order valence-electron chi connectivity index (χ2n) is 6.60. The first-order valence-corrected chi connectivity index (χ1v) is 7.36. The molecule has 2 aromatic rings. The zero-order chi connectivity index (χ0) is 15.6. The van der Waals surface area contributed by atoms with Gasteiger partial charge in [0, 0.05) is 0 Å². The van der Waals surface area contributed by atoms with Gasteiger partial charge in [-0.2, -0.15) is 0 Å². The molecular weight excluding hydrogens is 261 g/mol. The van der Waals surface area contributed by atoms with Crippen molar-refractivity contribution < 1.29 is 4.39 Å². The fourth-order valence-corrected chi connectivity index (χ4v) is 2.49. The topological polar surface area (TPSA) is 12.0 Å². The van der Waals surface area contributed by atoms with Gasteiger partial charge in [0.15, 0.2) is 0 Å². The molecule has 1 unspecified atom stereocenters. The standard InChI is InChI=1S/C19H24FN/c1-13-6-7-15(12-17(13)20)18(21-5)14-8-10-16(11-9-14)19(2,3)4/h6-12,18,21H,1-5H3. The van der Waals surface area contributed by atoms with Crippen LogP contribution in [-0.4, -0.2) is 7.05 Å². The first kappa shape index (κ1) is 15.7. The quantitative estimate of drug-likeness (QED) is 0.859. The molecule has 2 rings (SSSR count). The lowest BCUT2D eigenvalue weighted by atomic mass is 9.85. The zero-order valence-electron chi connectivity index (χ0n) is 13.5. The van der Waals surface area contributed by atoms with Crippen LogP contribution in [0.1, 0.15) is 49.1 Å². The minimum Gasteiger partial charge on any atom is -0.309 e. The maximum absolute atomic E-state index is 13.8. The molecule has 0 saturated heterocycles. The van der Waals surface area contributed by atoms with Gasteiger partial charge in [0.2, 0.25) is 0 Å². The minimum absolute atomic E-state index is 0.00844. The van der Waals surface area contributed by atoms with E-state index in [1.165, 1.54) is 5.56 Å². The highest BCUT2D eigenvalue weighted by Crippen LogP contribution is 2.27. The van der Waals surface area contributed by atoms with Crippen molar-refractivity contribution in [1.82, 2.24) is 5.32 Å². The average molecular weight is 285 g/mol. The molecule has 1 nitrogen and oxygen atoms in total. The lowest BCUT2D eigenvalue weighted by molar-refractivity contribution is 0.588. The summed E-state index contributed by atoms with van der Waals surface area (Å²) in [6.45, 7) is 8.39. The predicted octanol–water partition coefficient (Wildman–Crippen LogP) is 4.74. The number of rotatable bonds is 3. The summed E-state index contributed by atoms with van der Waals surface area (Å²) in [5.41, 5.74) is 4.22. The third kappa shape index (κ3) is 3.51. The third-order valence-corrected chi connectivity index (χ3v) is 3.93. The molecule has 0 aromatic heterocycles. The van der Waals surface area contributed by atoms with E-state index in [1.807, 2.05) is 19.2 Å². The Labute approximate surface area is 127 Å². The van der Waals surface area contributed by atoms with Crippen molar-refractivity contribution in [2.45, 2.75) is 39.2 Å². The number of benzene rings is 2. The summed E-state index contributed by atoms with van der Waals surface area (Å²) in [5, 5.41) is 3.27. The molecule has 0 radical (unpaired) electrons. The molecule has 0 saturated carbocycles. The molecule has 0 aliphatic rings. The van der Waals surface area contributed by atoms with Crippen LogP contribution in [0, 0.1) is 12.7 Å². The van der Waals surface area contributed by atoms with E-state index in [0.717, 1.165) is 11.1 Å². The van der Waals surface area contributed by atoms with Gasteiger partial charge in [-0.05, 0) is 47.7 Å². The zero-order valence-corrected chi connectivity index (χ0v) is 13.5. The fourth-order valence-electron chi connectivity index (χ4n) is 2.49. The van der Waals surface area contributed by atoms with Gasteiger partial charge in [-0.1, -0.05) is 57.2 Å². The van der Waals surface area contributed by atoms with Crippen molar-refractivity contribution in [3.63, 3.8) is 0 Å². The Morgan fingerprint density at radius 1 is 0.952 bits per heavy atom. The van der Waals surface area contributed by atoms with Crippen LogP contribution in [0.4, 0.5) is 4.39 Å². The van der Waals surface area contributed by atoms with Crippen LogP contribution in [-0.2, 0) is 5.41 Å². The van der Waals surface area contributed by atoms with Crippen molar-refractivity contribution in [1.29, 1.82) is 0 Å². The summed E-state index contributed by atoms with van der Waals surface area (Å²) < 4.78 is 13.8. The SMILES string of the molecule is CNC(c1ccc(C(C)(C)C)cc1)c1ccc(C)c(F)c1. The average Bonchev–Trinajstić information content (AvgIpc) is 2.43. The summed E-state index contributed by atoms with van der Waals surface area (Å²) in [6, 6.07) is 14.0. The molecule has 0 aliphatic carbocycles. The van der Waals surface area contributed by atoms with Gasteiger partial charge in [0.1, 0.15) is 5.82 Å². The van der Waals surface area contributed by atoms with E-state index >= 15 is 0 Å². The van der Waals surface area contributed by atoms with Crippen molar-refractivity contribution in [3.05, 3.63) is 70.5 Å². The Hall–Kier alpha value is -1.67. The normalized spacial score (nSPS) is 13.2. The van der Waals surface area contributed by atoms with Crippen LogP contribution in [0.3, 0.4) is 0 Å². The molecule has 0 amide bonds. The molecular formula is C19H24FN. The number of halogens is 1. The van der Waals surface area contributed by atoms with Crippen molar-refractivity contribution in [3.8, 4) is 0 Å². The predicted molar refractivity (Wildman–Crippen MR) is 87.2 cm³/mol. The van der Waals surface area contributed by atoms with Crippen LogP contribution < -0.4 is 5.32 Å². The van der Waals surface area contributed by atoms with Crippen LogP contribution in [0.25, 0.3) is 0 Å². The largest absolute Gasteiger partial charge is 0.309 e. The highest BCUT2D eigenvalue weighted by Gasteiger charge is 2.16. The van der Waals surface area contributed by atoms with Gasteiger partial charge in [-0.15, -0.1) is 0 Å². The summed E-state index contributed by atoms with van der Waals surface area (Å²) in [4.78, 5) is 0. The number of aryl methyl sites for hydroxylation is 1. The van der Waals surface area contributed by atoms with Crippen molar-refractivity contribution in [2.24, 2.45) is 0 Å². The lowest BCUT2D eigenvalue weighted by Gasteiger charge is -2.22. The lowest BCUT2D eigenvalue weighted by Crippen LogP contribution is -2.18. The van der Waals surface area contributed by atoms with E-state index in [0.29, 0.717) is 5.56 Å². The highest BCUT2D eigenvalue weighted by molar-refractivity contribution is 5.36. The van der Waals surface area contributed by atoms with E-state index in [9.17, 15) is 4.39 Å². The van der Waals surface area contributed by atoms with Gasteiger partial charge < -0.3 is 5.32 Å². The minimum atomic E-state index is -0.154. The summed E-state index contributed by atoms with van der Waals surface area (Å²) in [7, 11) is 1.90. The molecule has 0 spiro atoms. The van der Waals surface area contributed by atoms with Crippen LogP contribution in [0.5, 0.6) is 0 Å². The molecule has 1 N–H and O–H groups in total. The second kappa shape index (κ2) is 5.98. The van der Waals surface area contributed by atoms with Gasteiger partial charge >= 0.3 is 0 Å². The molecule has 0 aliphatic heterocycles. The Kier molecular flexibility index (Phi) is 4.48. The molecule has 1 atom stereocenters. The Balaban J connectivity index is 2.35. The van der Waals surface area contributed by atoms with Crippen LogP contribution >= 0.6 is 0 Å². The van der Waals surface area contributed by atoms with Gasteiger partial charge in [0.05, 0.1) is 6.04 Å². The third-order valence-electron chi connectivity index (χ3n) is 3.93. The highest BCUT2D eigenvalue weighted by atomic mass is 19.1. The monoisotopic (exact) mass is 285 g/mol. The van der Waals surface area contributed by atoms with E-state index in [2.05, 4.69) is 50.4 Å². The smallest absolute Gasteiger partial charge is 0.126 e. The maximum atomic E-state index is 13.8. The summed E-state index contributed by atoms with van der Waals surface area (Å²) >= 11 is 0. The summed E-state index contributed by atoms with van der Waals surface area (Å²) in [5.74, 6) is -0.154. The molecule has 21 heavy (non-hydrogen) atoms. The Morgan fingerprint density at radius 3 is 2.00 bits per heavy atom. The van der Waals surface area contributed by atoms with Gasteiger partial charge in [0.25, 0.3) is 0 Å². The van der Waals surface area contributed by atoms with E-state index in [4.69, 9.17) is 0 Å². The van der Waals surface area contributed by atoms with Gasteiger partial charge in [-0.3, -0.25) is 0 Å². The van der Waals surface area contributed by atoms with Gasteiger partial charge in [-0.25, -0.2) is 4.39 Å². The number of hydrogen-bond acceptors (Lipinski definition) is 1. The molecule has 2 aromatic carbocycles. The first-order chi connectivity index (χ1) is 9.82. The Morgan fingerprint density at radius 2 is 1.52 bits per heavy atom. The van der Waals surface area contributed by atoms with E-state index in [1.54, 1.807) is 13.0 Å². The van der Waals surface area contributed by atoms with Crippen molar-refractivity contribution >= 4 is 0 Å². The number of hydrogen-bond donors (Lipinski definition) is 1. The fraction of sp³-hybridized carbons (Fsp3) is 0.368. The maximum Gasteiger partial charge on any atom is 0.126 e. The molecule has 0 heterocycles. The number of nitrogens with one attached hydrogen (secondary N) is 1. The second-order valence-corrected chi connectivity index (χ2v) is 6.60. The van der Waals surface area contributed by atoms with Crippen LogP contribution in [0.2, 0.25) is 0 Å². The van der Waals surface area contributed by atoms with E-state index in [-0.39, 0.29) is 17.3 Å². The molecule has 112 valence electrons.